The van der Waals surface area contributed by atoms with E-state index in [1.807, 2.05) is 6.07 Å². The quantitative estimate of drug-likeness (QED) is 0.491. The van der Waals surface area contributed by atoms with E-state index in [9.17, 15) is 5.11 Å². The Balaban J connectivity index is 1.28. The zero-order valence-corrected chi connectivity index (χ0v) is 21.5. The van der Waals surface area contributed by atoms with Crippen LogP contribution in [0.15, 0.2) is 36.5 Å². The van der Waals surface area contributed by atoms with E-state index in [4.69, 9.17) is 4.74 Å². The van der Waals surface area contributed by atoms with Crippen LogP contribution in [0.3, 0.4) is 0 Å². The van der Waals surface area contributed by atoms with Gasteiger partial charge in [-0.2, -0.15) is 5.10 Å². The maximum atomic E-state index is 15.3. The molecule has 2 aromatic heterocycles. The number of piperidine rings is 2. The molecule has 1 aromatic carbocycles. The lowest BCUT2D eigenvalue weighted by Crippen LogP contribution is -2.67. The summed E-state index contributed by atoms with van der Waals surface area (Å²) in [6.07, 6.45) is 9.62. The largest absolute Gasteiger partial charge is 0.507 e. The number of aromatic hydroxyl groups is 1. The number of fused-ring (bicyclic) bond motifs is 2. The summed E-state index contributed by atoms with van der Waals surface area (Å²) in [5, 5.41) is 31.3. The molecule has 8 nitrogen and oxygen atoms in total. The Hall–Kier alpha value is -3.33. The molecule has 37 heavy (non-hydrogen) atoms. The number of rotatable bonds is 6. The van der Waals surface area contributed by atoms with Gasteiger partial charge in [0.2, 0.25) is 5.88 Å². The predicted octanol–water partition coefficient (Wildman–Crippen LogP) is 4.88. The van der Waals surface area contributed by atoms with Gasteiger partial charge in [-0.15, -0.1) is 15.3 Å². The highest BCUT2D eigenvalue weighted by Crippen LogP contribution is 2.45. The summed E-state index contributed by atoms with van der Waals surface area (Å²) in [6.45, 7) is 4.70. The molecule has 1 aliphatic carbocycles. The van der Waals surface area contributed by atoms with Crippen molar-refractivity contribution in [3.8, 4) is 34.0 Å². The molecule has 1 saturated carbocycles. The van der Waals surface area contributed by atoms with Crippen LogP contribution in [0.1, 0.15) is 58.8 Å². The average Bonchev–Trinajstić information content (AvgIpc) is 3.68. The SMILES string of the molecule is COc1cc(-c2cc(O)c(-c3ccc(N(C4CC4)[C@@H]4C[C@]5(C)CCC[C@](C)(C4)N5)nn3)c(F)c2)cnn1. The van der Waals surface area contributed by atoms with Crippen molar-refractivity contribution < 1.29 is 14.2 Å². The van der Waals surface area contributed by atoms with Crippen LogP contribution in [0.5, 0.6) is 11.6 Å². The normalized spacial score (nSPS) is 27.1. The number of halogens is 1. The van der Waals surface area contributed by atoms with Crippen LogP contribution < -0.4 is 15.0 Å². The molecule has 3 aromatic rings. The molecule has 0 unspecified atom stereocenters. The number of ether oxygens (including phenoxy) is 1. The first-order chi connectivity index (χ1) is 17.8. The van der Waals surface area contributed by atoms with Crippen LogP contribution in [0.2, 0.25) is 0 Å². The summed E-state index contributed by atoms with van der Waals surface area (Å²) in [6, 6.07) is 9.04. The Kier molecular flexibility index (Phi) is 5.78. The number of nitrogens with one attached hydrogen (secondary N) is 1. The van der Waals surface area contributed by atoms with Gasteiger partial charge in [0.15, 0.2) is 5.82 Å². The molecule has 4 heterocycles. The fraction of sp³-hybridized carbons (Fsp3) is 0.500. The van der Waals surface area contributed by atoms with Crippen molar-refractivity contribution in [3.05, 3.63) is 42.3 Å². The van der Waals surface area contributed by atoms with E-state index < -0.39 is 5.82 Å². The Labute approximate surface area is 216 Å². The number of hydrogen-bond donors (Lipinski definition) is 2. The van der Waals surface area contributed by atoms with Crippen LogP contribution >= 0.6 is 0 Å². The summed E-state index contributed by atoms with van der Waals surface area (Å²) in [7, 11) is 1.49. The van der Waals surface area contributed by atoms with Gasteiger partial charge in [-0.05, 0) is 88.6 Å². The number of hydrogen-bond acceptors (Lipinski definition) is 8. The van der Waals surface area contributed by atoms with E-state index in [1.165, 1.54) is 44.7 Å². The second kappa shape index (κ2) is 8.90. The van der Waals surface area contributed by atoms with Crippen molar-refractivity contribution in [2.45, 2.75) is 82.0 Å². The van der Waals surface area contributed by atoms with Gasteiger partial charge in [0, 0.05) is 34.8 Å². The lowest BCUT2D eigenvalue weighted by molar-refractivity contribution is 0.0766. The van der Waals surface area contributed by atoms with Crippen molar-refractivity contribution >= 4 is 5.82 Å². The maximum Gasteiger partial charge on any atom is 0.233 e. The lowest BCUT2D eigenvalue weighted by atomic mass is 9.69. The summed E-state index contributed by atoms with van der Waals surface area (Å²) in [4.78, 5) is 2.46. The molecule has 0 radical (unpaired) electrons. The van der Waals surface area contributed by atoms with E-state index in [-0.39, 0.29) is 22.4 Å². The fourth-order valence-electron chi connectivity index (χ4n) is 6.58. The van der Waals surface area contributed by atoms with Gasteiger partial charge in [0.1, 0.15) is 11.6 Å². The number of nitrogens with zero attached hydrogens (tertiary/aromatic N) is 5. The van der Waals surface area contributed by atoms with Gasteiger partial charge in [-0.1, -0.05) is 0 Å². The van der Waals surface area contributed by atoms with Crippen molar-refractivity contribution in [1.82, 2.24) is 25.7 Å². The number of anilines is 1. The Bertz CT molecular complexity index is 1280. The second-order valence-corrected chi connectivity index (χ2v) is 11.4. The Morgan fingerprint density at radius 1 is 1.00 bits per heavy atom. The number of phenolic OH excluding ortho intramolecular Hbond substituents is 1. The average molecular weight is 505 g/mol. The molecule has 194 valence electrons. The number of methoxy groups -OCH3 is 1. The van der Waals surface area contributed by atoms with E-state index >= 15 is 4.39 Å². The minimum Gasteiger partial charge on any atom is -0.507 e. The zero-order chi connectivity index (χ0) is 25.8. The van der Waals surface area contributed by atoms with Crippen molar-refractivity contribution in [3.63, 3.8) is 0 Å². The van der Waals surface area contributed by atoms with Crippen LogP contribution in [0, 0.1) is 5.82 Å². The summed E-state index contributed by atoms with van der Waals surface area (Å²) >= 11 is 0. The Morgan fingerprint density at radius 3 is 2.38 bits per heavy atom. The second-order valence-electron chi connectivity index (χ2n) is 11.4. The van der Waals surface area contributed by atoms with Gasteiger partial charge < -0.3 is 20.1 Å². The van der Waals surface area contributed by atoms with Crippen molar-refractivity contribution in [2.75, 3.05) is 12.0 Å². The van der Waals surface area contributed by atoms with E-state index in [2.05, 4.69) is 44.5 Å². The van der Waals surface area contributed by atoms with Gasteiger partial charge >= 0.3 is 0 Å². The van der Waals surface area contributed by atoms with Gasteiger partial charge in [-0.3, -0.25) is 0 Å². The fourth-order valence-corrected chi connectivity index (χ4v) is 6.58. The van der Waals surface area contributed by atoms with Gasteiger partial charge in [0.05, 0.1) is 24.6 Å². The van der Waals surface area contributed by atoms with Crippen LogP contribution in [0.4, 0.5) is 10.2 Å². The molecule has 2 bridgehead atoms. The van der Waals surface area contributed by atoms with Gasteiger partial charge in [-0.25, -0.2) is 4.39 Å². The minimum absolute atomic E-state index is 0.0335. The van der Waals surface area contributed by atoms with Crippen LogP contribution in [0.25, 0.3) is 22.4 Å². The number of benzene rings is 1. The first-order valence-corrected chi connectivity index (χ1v) is 13.1. The molecule has 3 aliphatic rings. The predicted molar refractivity (Wildman–Crippen MR) is 139 cm³/mol. The standard InChI is InChI=1S/C28H33FN6O2/c1-27-9-4-10-28(2,34-27)15-20(14-27)35(19-5-6-19)24-8-7-22(31-32-24)26-21(29)11-17(12-23(26)36)18-13-25(37-3)33-30-16-18/h7-8,11-13,16,19-20,34,36H,4-6,9-10,14-15H2,1-3H3/t20-,27+,28-. The van der Waals surface area contributed by atoms with Gasteiger partial charge in [0.25, 0.3) is 0 Å². The molecule has 6 rings (SSSR count). The minimum atomic E-state index is -0.584. The summed E-state index contributed by atoms with van der Waals surface area (Å²) < 4.78 is 20.4. The maximum absolute atomic E-state index is 15.3. The highest BCUT2D eigenvalue weighted by molar-refractivity contribution is 5.75. The summed E-state index contributed by atoms with van der Waals surface area (Å²) in [5.41, 5.74) is 1.67. The molecule has 2 aliphatic heterocycles. The molecule has 2 saturated heterocycles. The third kappa shape index (κ3) is 4.61. The smallest absolute Gasteiger partial charge is 0.233 e. The number of aromatic nitrogens is 4. The monoisotopic (exact) mass is 504 g/mol. The third-order valence-corrected chi connectivity index (χ3v) is 8.18. The van der Waals surface area contributed by atoms with Crippen molar-refractivity contribution in [2.24, 2.45) is 0 Å². The third-order valence-electron chi connectivity index (χ3n) is 8.18. The molecule has 9 heteroatoms. The molecule has 2 N–H and O–H groups in total. The van der Waals surface area contributed by atoms with Crippen molar-refractivity contribution in [1.29, 1.82) is 0 Å². The molecular formula is C28H33FN6O2. The van der Waals surface area contributed by atoms with E-state index in [1.54, 1.807) is 12.1 Å². The molecule has 3 fully saturated rings. The number of phenols is 1. The topological polar surface area (TPSA) is 96.3 Å². The van der Waals surface area contributed by atoms with Crippen LogP contribution in [-0.2, 0) is 0 Å². The molecule has 3 atom stereocenters. The van der Waals surface area contributed by atoms with E-state index in [0.29, 0.717) is 34.8 Å². The first-order valence-electron chi connectivity index (χ1n) is 13.1. The zero-order valence-electron chi connectivity index (χ0n) is 21.5. The highest BCUT2D eigenvalue weighted by Gasteiger charge is 2.49. The molecular weight excluding hydrogens is 471 g/mol. The molecule has 0 amide bonds. The highest BCUT2D eigenvalue weighted by atomic mass is 19.1. The van der Waals surface area contributed by atoms with Crippen LogP contribution in [-0.4, -0.2) is 55.8 Å². The van der Waals surface area contributed by atoms with E-state index in [0.717, 1.165) is 31.5 Å². The lowest BCUT2D eigenvalue weighted by Gasteiger charge is -2.55. The summed E-state index contributed by atoms with van der Waals surface area (Å²) in [5.74, 6) is 0.344. The first kappa shape index (κ1) is 24.0. The Morgan fingerprint density at radius 2 is 1.76 bits per heavy atom. The molecule has 0 spiro atoms.